The second kappa shape index (κ2) is 15.5. The van der Waals surface area contributed by atoms with E-state index in [1.165, 1.54) is 71.2 Å². The molecule has 0 spiro atoms. The van der Waals surface area contributed by atoms with Crippen LogP contribution in [0.3, 0.4) is 0 Å². The van der Waals surface area contributed by atoms with Crippen LogP contribution in [0.15, 0.2) is 208 Å². The number of aromatic nitrogens is 1. The highest BCUT2D eigenvalue weighted by molar-refractivity contribution is 6.17. The summed E-state index contributed by atoms with van der Waals surface area (Å²) in [6.45, 7) is 4.75. The van der Waals surface area contributed by atoms with Crippen LogP contribution in [0, 0.1) is 11.8 Å². The van der Waals surface area contributed by atoms with Crippen LogP contribution in [0.2, 0.25) is 0 Å². The molecule has 0 saturated heterocycles. The zero-order chi connectivity index (χ0) is 43.9. The van der Waals surface area contributed by atoms with E-state index in [4.69, 9.17) is 13.8 Å². The first-order valence-electron chi connectivity index (χ1n) is 23.6. The summed E-state index contributed by atoms with van der Waals surface area (Å²) < 4.78 is 16.1. The maximum atomic E-state index is 6.89. The molecule has 0 saturated carbocycles. The van der Waals surface area contributed by atoms with Crippen molar-refractivity contribution in [1.82, 2.24) is 4.57 Å². The number of benzene rings is 9. The monoisotopic (exact) mass is 852 g/mol. The maximum absolute atomic E-state index is 6.89. The van der Waals surface area contributed by atoms with Gasteiger partial charge in [-0.25, -0.2) is 0 Å². The van der Waals surface area contributed by atoms with Crippen LogP contribution in [0.5, 0.6) is 0 Å². The number of rotatable bonds is 6. The van der Waals surface area contributed by atoms with E-state index in [0.29, 0.717) is 0 Å². The molecule has 0 fully saturated rings. The smallest absolute Gasteiger partial charge is 0.138 e. The summed E-state index contributed by atoms with van der Waals surface area (Å²) in [5, 5.41) is 9.52. The molecule has 318 valence electrons. The molecule has 4 atom stereocenters. The number of hydrogen-bond acceptors (Lipinski definition) is 3. The van der Waals surface area contributed by atoms with Crippen molar-refractivity contribution in [2.24, 2.45) is 16.8 Å². The largest absolute Gasteiger partial charge is 0.456 e. The number of aliphatic imine (C=N–C) groups is 1. The standard InChI is InChI=1S/C62H48N2O2/c1-3-45-46(49-23-15-24-50-48-21-10-13-26-56(48)66-62(49)50)33-28-38(2)60(63-61(45)41-31-29-40(30-32-41)39-16-5-4-6-17-39)44-36-55(59-51-22-11-14-27-57(51)65-58(59)37-44)64-53-25-12-9-20-47(53)52-34-42-18-7-8-19-43(42)35-54(52)64/h4-27,29-32,34-38,45-46,60H,3,28,33H2,1-2H3. The van der Waals surface area contributed by atoms with E-state index in [-0.39, 0.29) is 23.8 Å². The first-order chi connectivity index (χ1) is 32.6. The van der Waals surface area contributed by atoms with Crippen LogP contribution in [0.1, 0.15) is 61.8 Å². The third kappa shape index (κ3) is 6.15. The van der Waals surface area contributed by atoms with Crippen LogP contribution in [-0.2, 0) is 0 Å². The molecule has 66 heavy (non-hydrogen) atoms. The quantitative estimate of drug-likeness (QED) is 0.167. The van der Waals surface area contributed by atoms with Crippen LogP contribution in [0.4, 0.5) is 0 Å². The van der Waals surface area contributed by atoms with Crippen molar-refractivity contribution in [3.05, 3.63) is 211 Å². The molecule has 12 aromatic rings. The summed E-state index contributed by atoms with van der Waals surface area (Å²) in [4.78, 5) is 6.09. The zero-order valence-corrected chi connectivity index (χ0v) is 37.1. The summed E-state index contributed by atoms with van der Waals surface area (Å²) >= 11 is 0. The van der Waals surface area contributed by atoms with E-state index in [0.717, 1.165) is 63.8 Å². The van der Waals surface area contributed by atoms with Crippen LogP contribution in [0.25, 0.3) is 93.3 Å². The topological polar surface area (TPSA) is 43.6 Å². The number of furan rings is 2. The molecule has 3 aromatic heterocycles. The van der Waals surface area contributed by atoms with E-state index in [1.807, 2.05) is 0 Å². The molecule has 4 unspecified atom stereocenters. The minimum absolute atomic E-state index is 0.129. The average Bonchev–Trinajstić information content (AvgIpc) is 4.04. The lowest BCUT2D eigenvalue weighted by Gasteiger charge is -2.35. The Morgan fingerprint density at radius 3 is 1.97 bits per heavy atom. The molecule has 1 aliphatic rings. The lowest BCUT2D eigenvalue weighted by Crippen LogP contribution is -2.28. The second-order valence-corrected chi connectivity index (χ2v) is 18.5. The van der Waals surface area contributed by atoms with Crippen molar-refractivity contribution in [2.45, 2.75) is 45.1 Å². The Kier molecular flexibility index (Phi) is 9.09. The van der Waals surface area contributed by atoms with Gasteiger partial charge in [-0.2, -0.15) is 0 Å². The van der Waals surface area contributed by atoms with Gasteiger partial charge in [0.2, 0.25) is 0 Å². The van der Waals surface area contributed by atoms with E-state index < -0.39 is 0 Å². The molecule has 1 aliphatic heterocycles. The normalized spacial score (nSPS) is 18.2. The van der Waals surface area contributed by atoms with Crippen LogP contribution >= 0.6 is 0 Å². The first kappa shape index (κ1) is 38.7. The Hall–Kier alpha value is -7.69. The van der Waals surface area contributed by atoms with E-state index in [9.17, 15) is 0 Å². The summed E-state index contributed by atoms with van der Waals surface area (Å²) in [5.41, 5.74) is 14.4. The van der Waals surface area contributed by atoms with E-state index in [1.54, 1.807) is 0 Å². The van der Waals surface area contributed by atoms with Crippen molar-refractivity contribution in [3.8, 4) is 16.8 Å². The van der Waals surface area contributed by atoms with Crippen molar-refractivity contribution < 1.29 is 8.83 Å². The molecule has 0 aliphatic carbocycles. The fourth-order valence-electron chi connectivity index (χ4n) is 11.5. The lowest BCUT2D eigenvalue weighted by molar-refractivity contribution is 0.362. The van der Waals surface area contributed by atoms with Gasteiger partial charge in [0.25, 0.3) is 0 Å². The average molecular weight is 853 g/mol. The minimum Gasteiger partial charge on any atom is -0.456 e. The number of para-hydroxylation sites is 4. The first-order valence-corrected chi connectivity index (χ1v) is 23.6. The van der Waals surface area contributed by atoms with Gasteiger partial charge in [0.05, 0.1) is 28.1 Å². The van der Waals surface area contributed by atoms with Gasteiger partial charge >= 0.3 is 0 Å². The molecule has 9 aromatic carbocycles. The van der Waals surface area contributed by atoms with Crippen LogP contribution < -0.4 is 0 Å². The molecule has 4 heteroatoms. The van der Waals surface area contributed by atoms with Gasteiger partial charge in [-0.05, 0) is 112 Å². The van der Waals surface area contributed by atoms with E-state index in [2.05, 4.69) is 213 Å². The molecular formula is C62H48N2O2. The van der Waals surface area contributed by atoms with Gasteiger partial charge < -0.3 is 13.4 Å². The molecule has 4 heterocycles. The molecule has 4 nitrogen and oxygen atoms in total. The Morgan fingerprint density at radius 1 is 0.515 bits per heavy atom. The Balaban J connectivity index is 1.05. The second-order valence-electron chi connectivity index (χ2n) is 18.5. The fraction of sp³-hybridized carbons (Fsp3) is 0.145. The molecule has 0 bridgehead atoms. The molecule has 0 radical (unpaired) electrons. The Bertz CT molecular complexity index is 3850. The van der Waals surface area contributed by atoms with E-state index >= 15 is 0 Å². The van der Waals surface area contributed by atoms with Gasteiger partial charge in [0, 0.05) is 38.6 Å². The van der Waals surface area contributed by atoms with Gasteiger partial charge in [0.15, 0.2) is 0 Å². The highest BCUT2D eigenvalue weighted by atomic mass is 16.3. The summed E-state index contributed by atoms with van der Waals surface area (Å²) in [6.07, 6.45) is 2.94. The zero-order valence-electron chi connectivity index (χ0n) is 37.1. The summed E-state index contributed by atoms with van der Waals surface area (Å²) in [7, 11) is 0. The highest BCUT2D eigenvalue weighted by Gasteiger charge is 2.35. The maximum Gasteiger partial charge on any atom is 0.138 e. The van der Waals surface area contributed by atoms with Crippen molar-refractivity contribution in [1.29, 1.82) is 0 Å². The number of nitrogens with zero attached hydrogens (tertiary/aromatic N) is 2. The van der Waals surface area contributed by atoms with Crippen molar-refractivity contribution in [3.63, 3.8) is 0 Å². The number of hydrogen-bond donors (Lipinski definition) is 0. The van der Waals surface area contributed by atoms with Crippen LogP contribution in [-0.4, -0.2) is 10.3 Å². The summed E-state index contributed by atoms with van der Waals surface area (Å²) in [6, 6.07) is 70.5. The Morgan fingerprint density at radius 2 is 1.17 bits per heavy atom. The van der Waals surface area contributed by atoms with Gasteiger partial charge in [0.1, 0.15) is 22.3 Å². The summed E-state index contributed by atoms with van der Waals surface area (Å²) in [5.74, 6) is 0.563. The highest BCUT2D eigenvalue weighted by Crippen LogP contribution is 2.47. The molecular weight excluding hydrogens is 805 g/mol. The predicted octanol–water partition coefficient (Wildman–Crippen LogP) is 17.2. The lowest BCUT2D eigenvalue weighted by atomic mass is 9.73. The third-order valence-electron chi connectivity index (χ3n) is 14.8. The molecule has 0 amide bonds. The number of fused-ring (bicyclic) bond motifs is 10. The third-order valence-corrected chi connectivity index (χ3v) is 14.8. The predicted molar refractivity (Wildman–Crippen MR) is 275 cm³/mol. The molecule has 13 rings (SSSR count). The van der Waals surface area contributed by atoms with Gasteiger partial charge in [-0.15, -0.1) is 0 Å². The fourth-order valence-corrected chi connectivity index (χ4v) is 11.5. The minimum atomic E-state index is -0.129. The SMILES string of the molecule is CCC1C(c2ccc(-c3ccccc3)cc2)=NC(c2cc(-n3c4ccccc4c4cc5ccccc5cc43)c3c(c2)oc2ccccc23)C(C)CCC1c1cccc2c1oc1ccccc12. The van der Waals surface area contributed by atoms with Gasteiger partial charge in [-0.1, -0.05) is 166 Å². The van der Waals surface area contributed by atoms with Gasteiger partial charge in [-0.3, -0.25) is 4.99 Å². The Labute approximate surface area is 383 Å². The molecule has 0 N–H and O–H groups in total. The van der Waals surface area contributed by atoms with Crippen molar-refractivity contribution >= 4 is 82.2 Å². The van der Waals surface area contributed by atoms with Crippen molar-refractivity contribution in [2.75, 3.05) is 0 Å².